The van der Waals surface area contributed by atoms with Crippen LogP contribution in [0.2, 0.25) is 0 Å². The number of aromatic nitrogens is 2. The molecule has 2 heterocycles. The van der Waals surface area contributed by atoms with Crippen molar-refractivity contribution in [2.24, 2.45) is 5.84 Å². The second-order valence-electron chi connectivity index (χ2n) is 4.04. The van der Waals surface area contributed by atoms with Gasteiger partial charge in [0.1, 0.15) is 18.2 Å². The summed E-state index contributed by atoms with van der Waals surface area (Å²) < 4.78 is 10.3. The number of anilines is 2. The van der Waals surface area contributed by atoms with E-state index >= 15 is 0 Å². The van der Waals surface area contributed by atoms with Crippen molar-refractivity contribution >= 4 is 11.6 Å². The molecule has 1 fully saturated rings. The Bertz CT molecular complexity index is 475. The minimum absolute atomic E-state index is 0.300. The van der Waals surface area contributed by atoms with E-state index in [0.717, 1.165) is 0 Å². The average Bonchev–Trinajstić information content (AvgIpc) is 2.47. The molecule has 0 amide bonds. The molecule has 8 nitrogen and oxygen atoms in total. The predicted molar refractivity (Wildman–Crippen MR) is 68.1 cm³/mol. The fourth-order valence-electron chi connectivity index (χ4n) is 1.85. The Hall–Kier alpha value is -1.95. The molecule has 0 saturated carbocycles. The highest BCUT2D eigenvalue weighted by Gasteiger charge is 2.22. The number of methoxy groups -OCH3 is 1. The molecule has 3 N–H and O–H groups in total. The summed E-state index contributed by atoms with van der Waals surface area (Å²) in [5, 5.41) is 8.91. The summed E-state index contributed by atoms with van der Waals surface area (Å²) in [6, 6.07) is 3.83. The van der Waals surface area contributed by atoms with Gasteiger partial charge >= 0.3 is 0 Å². The normalized spacial score (nSPS) is 19.0. The summed E-state index contributed by atoms with van der Waals surface area (Å²) in [6.07, 6.45) is -0.441. The molecule has 102 valence electrons. The average molecular weight is 264 g/mol. The quantitative estimate of drug-likeness (QED) is 0.560. The maximum Gasteiger partial charge on any atom is 0.161 e. The van der Waals surface area contributed by atoms with Gasteiger partial charge in [-0.25, -0.2) is 15.8 Å². The molecule has 19 heavy (non-hydrogen) atoms. The molecule has 1 saturated heterocycles. The molecular weight excluding hydrogens is 248 g/mol. The van der Waals surface area contributed by atoms with Gasteiger partial charge in [0, 0.05) is 19.7 Å². The Morgan fingerprint density at radius 3 is 3.21 bits per heavy atom. The van der Waals surface area contributed by atoms with Crippen LogP contribution in [0.4, 0.5) is 11.6 Å². The van der Waals surface area contributed by atoms with Crippen LogP contribution in [0.1, 0.15) is 5.82 Å². The zero-order chi connectivity index (χ0) is 13.7. The first-order valence-corrected chi connectivity index (χ1v) is 5.86. The van der Waals surface area contributed by atoms with Gasteiger partial charge in [-0.2, -0.15) is 5.26 Å². The van der Waals surface area contributed by atoms with Crippen LogP contribution in [-0.2, 0) is 16.1 Å². The number of rotatable bonds is 4. The SMILES string of the molecule is COCc1nc(NN)cc(N2CCOC(C#N)C2)n1. The minimum atomic E-state index is -0.441. The third-order valence-corrected chi connectivity index (χ3v) is 2.71. The summed E-state index contributed by atoms with van der Waals surface area (Å²) in [4.78, 5) is 10.5. The van der Waals surface area contributed by atoms with Crippen molar-refractivity contribution in [1.82, 2.24) is 9.97 Å². The van der Waals surface area contributed by atoms with E-state index in [1.54, 1.807) is 13.2 Å². The molecule has 0 spiro atoms. The predicted octanol–water partition coefficient (Wildman–Crippen LogP) is -0.363. The Labute approximate surface area is 111 Å². The molecule has 1 aromatic rings. The van der Waals surface area contributed by atoms with Crippen LogP contribution < -0.4 is 16.2 Å². The van der Waals surface area contributed by atoms with E-state index in [4.69, 9.17) is 20.6 Å². The van der Waals surface area contributed by atoms with Crippen LogP contribution in [-0.4, -0.2) is 42.9 Å². The Morgan fingerprint density at radius 2 is 2.53 bits per heavy atom. The molecule has 8 heteroatoms. The molecule has 1 aliphatic rings. The van der Waals surface area contributed by atoms with Crippen LogP contribution in [0.15, 0.2) is 6.07 Å². The lowest BCUT2D eigenvalue weighted by atomic mass is 10.3. The molecule has 2 rings (SSSR count). The van der Waals surface area contributed by atoms with Crippen LogP contribution in [0.3, 0.4) is 0 Å². The van der Waals surface area contributed by atoms with Crippen molar-refractivity contribution in [3.8, 4) is 6.07 Å². The number of hydrogen-bond donors (Lipinski definition) is 2. The largest absolute Gasteiger partial charge is 0.377 e. The van der Waals surface area contributed by atoms with Crippen molar-refractivity contribution in [2.45, 2.75) is 12.7 Å². The number of nitrogens with one attached hydrogen (secondary N) is 1. The summed E-state index contributed by atoms with van der Waals surface area (Å²) in [6.45, 7) is 1.94. The minimum Gasteiger partial charge on any atom is -0.377 e. The topological polar surface area (TPSA) is 109 Å². The number of nitrogens with two attached hydrogens (primary N) is 1. The maximum atomic E-state index is 8.91. The first-order chi connectivity index (χ1) is 9.26. The van der Waals surface area contributed by atoms with E-state index in [9.17, 15) is 0 Å². The number of hydrazine groups is 1. The number of ether oxygens (including phenoxy) is 2. The van der Waals surface area contributed by atoms with Crippen molar-refractivity contribution < 1.29 is 9.47 Å². The number of nitrogen functional groups attached to an aromatic ring is 1. The van der Waals surface area contributed by atoms with Gasteiger partial charge in [-0.1, -0.05) is 0 Å². The van der Waals surface area contributed by atoms with Gasteiger partial charge < -0.3 is 19.8 Å². The highest BCUT2D eigenvalue weighted by atomic mass is 16.5. The standard InChI is InChI=1S/C11H16N6O2/c1-18-7-10-14-9(16-13)4-11(15-10)17-2-3-19-8(5-12)6-17/h4,8H,2-3,6-7,13H2,1H3,(H,14,15,16). The third kappa shape index (κ3) is 3.29. The van der Waals surface area contributed by atoms with Crippen molar-refractivity contribution in [2.75, 3.05) is 37.1 Å². The lowest BCUT2D eigenvalue weighted by Gasteiger charge is -2.30. The fourth-order valence-corrected chi connectivity index (χ4v) is 1.85. The van der Waals surface area contributed by atoms with Crippen LogP contribution in [0.25, 0.3) is 0 Å². The molecule has 1 unspecified atom stereocenters. The van der Waals surface area contributed by atoms with Gasteiger partial charge in [-0.05, 0) is 0 Å². The molecular formula is C11H16N6O2. The lowest BCUT2D eigenvalue weighted by Crippen LogP contribution is -2.42. The van der Waals surface area contributed by atoms with Gasteiger partial charge in [0.05, 0.1) is 19.2 Å². The molecule has 0 aromatic carbocycles. The highest BCUT2D eigenvalue weighted by Crippen LogP contribution is 2.18. The molecule has 1 aliphatic heterocycles. The number of nitrogens with zero attached hydrogens (tertiary/aromatic N) is 4. The summed E-state index contributed by atoms with van der Waals surface area (Å²) in [5.74, 6) is 7.14. The summed E-state index contributed by atoms with van der Waals surface area (Å²) >= 11 is 0. The molecule has 0 bridgehead atoms. The second kappa shape index (κ2) is 6.29. The van der Waals surface area contributed by atoms with Gasteiger partial charge in [0.25, 0.3) is 0 Å². The third-order valence-electron chi connectivity index (χ3n) is 2.71. The first kappa shape index (κ1) is 13.5. The zero-order valence-corrected chi connectivity index (χ0v) is 10.7. The van der Waals surface area contributed by atoms with Crippen LogP contribution in [0.5, 0.6) is 0 Å². The van der Waals surface area contributed by atoms with E-state index in [1.165, 1.54) is 0 Å². The van der Waals surface area contributed by atoms with Crippen LogP contribution in [0, 0.1) is 11.3 Å². The van der Waals surface area contributed by atoms with E-state index in [2.05, 4.69) is 21.5 Å². The van der Waals surface area contributed by atoms with Crippen molar-refractivity contribution in [3.63, 3.8) is 0 Å². The smallest absolute Gasteiger partial charge is 0.161 e. The van der Waals surface area contributed by atoms with Crippen molar-refractivity contribution in [1.29, 1.82) is 5.26 Å². The number of hydrogen-bond acceptors (Lipinski definition) is 8. The number of nitriles is 1. The Balaban J connectivity index is 2.22. The first-order valence-electron chi connectivity index (χ1n) is 5.86. The Morgan fingerprint density at radius 1 is 1.68 bits per heavy atom. The number of morpholine rings is 1. The second-order valence-corrected chi connectivity index (χ2v) is 4.04. The summed E-state index contributed by atoms with van der Waals surface area (Å²) in [5.41, 5.74) is 2.50. The molecule has 0 radical (unpaired) electrons. The lowest BCUT2D eigenvalue weighted by molar-refractivity contribution is 0.0761. The summed E-state index contributed by atoms with van der Waals surface area (Å²) in [7, 11) is 1.58. The van der Waals surface area contributed by atoms with Gasteiger partial charge in [0.2, 0.25) is 0 Å². The zero-order valence-electron chi connectivity index (χ0n) is 10.7. The van der Waals surface area contributed by atoms with Crippen molar-refractivity contribution in [3.05, 3.63) is 11.9 Å². The fraction of sp³-hybridized carbons (Fsp3) is 0.545. The van der Waals surface area contributed by atoms with E-state index in [-0.39, 0.29) is 0 Å². The molecule has 0 aliphatic carbocycles. The van der Waals surface area contributed by atoms with Gasteiger partial charge in [-0.3, -0.25) is 0 Å². The van der Waals surface area contributed by atoms with E-state index in [1.807, 2.05) is 4.90 Å². The van der Waals surface area contributed by atoms with E-state index in [0.29, 0.717) is 43.8 Å². The monoisotopic (exact) mass is 264 g/mol. The van der Waals surface area contributed by atoms with Crippen LogP contribution >= 0.6 is 0 Å². The highest BCUT2D eigenvalue weighted by molar-refractivity contribution is 5.49. The molecule has 1 atom stereocenters. The van der Waals surface area contributed by atoms with E-state index < -0.39 is 6.10 Å². The Kier molecular flexibility index (Phi) is 4.46. The van der Waals surface area contributed by atoms with Gasteiger partial charge in [-0.15, -0.1) is 0 Å². The molecule has 1 aromatic heterocycles. The van der Waals surface area contributed by atoms with Gasteiger partial charge in [0.15, 0.2) is 11.9 Å². The maximum absolute atomic E-state index is 8.91.